The molecule has 3 fully saturated rings. The lowest BCUT2D eigenvalue weighted by molar-refractivity contribution is -0.130. The van der Waals surface area contributed by atoms with Gasteiger partial charge in [0.25, 0.3) is 5.92 Å². The van der Waals surface area contributed by atoms with E-state index in [-0.39, 0.29) is 18.9 Å². The average Bonchev–Trinajstić information content (AvgIpc) is 3.12. The van der Waals surface area contributed by atoms with Gasteiger partial charge in [-0.15, -0.1) is 23.4 Å². The SMILES string of the molecule is CSC1C[C@H](O)C(O)C(O)[C@@H]([C@H](NC(=O)[C@@H]2CC[C@H](CCCNCC(F)(F)C3CCC3)CCN2)[C@H](C)Cl)O1. The van der Waals surface area contributed by atoms with Gasteiger partial charge in [-0.25, -0.2) is 8.78 Å². The molecule has 2 saturated heterocycles. The number of rotatable bonds is 12. The molecule has 1 amide bonds. The van der Waals surface area contributed by atoms with E-state index in [1.807, 2.05) is 6.26 Å². The second-order valence-electron chi connectivity index (χ2n) is 11.2. The van der Waals surface area contributed by atoms with Gasteiger partial charge in [-0.3, -0.25) is 4.79 Å². The van der Waals surface area contributed by atoms with E-state index in [9.17, 15) is 28.9 Å². The predicted octanol–water partition coefficient (Wildman–Crippen LogP) is 2.22. The van der Waals surface area contributed by atoms with Crippen LogP contribution in [0.3, 0.4) is 0 Å². The van der Waals surface area contributed by atoms with Gasteiger partial charge in [0.1, 0.15) is 23.7 Å². The first-order valence-corrected chi connectivity index (χ1v) is 15.7. The topological polar surface area (TPSA) is 123 Å². The fourth-order valence-electron chi connectivity index (χ4n) is 5.61. The zero-order valence-corrected chi connectivity index (χ0v) is 24.0. The lowest BCUT2D eigenvalue weighted by Crippen LogP contribution is -2.59. The normalized spacial score (nSPS) is 35.0. The number of amides is 1. The van der Waals surface area contributed by atoms with Crippen LogP contribution in [0.25, 0.3) is 0 Å². The van der Waals surface area contributed by atoms with Crippen LogP contribution in [-0.2, 0) is 9.53 Å². The summed E-state index contributed by atoms with van der Waals surface area (Å²) in [5.74, 6) is -2.93. The highest BCUT2D eigenvalue weighted by atomic mass is 35.5. The minimum absolute atomic E-state index is 0.150. The molecule has 1 aliphatic carbocycles. The molecule has 0 aromatic rings. The van der Waals surface area contributed by atoms with Crippen molar-refractivity contribution in [2.24, 2.45) is 11.8 Å². The van der Waals surface area contributed by atoms with Crippen molar-refractivity contribution in [3.05, 3.63) is 0 Å². The van der Waals surface area contributed by atoms with E-state index >= 15 is 0 Å². The molecule has 8 nitrogen and oxygen atoms in total. The van der Waals surface area contributed by atoms with E-state index in [4.69, 9.17) is 16.3 Å². The van der Waals surface area contributed by atoms with Crippen LogP contribution in [0.5, 0.6) is 0 Å². The van der Waals surface area contributed by atoms with Crippen molar-refractivity contribution in [3.63, 3.8) is 0 Å². The highest BCUT2D eigenvalue weighted by Crippen LogP contribution is 2.39. The van der Waals surface area contributed by atoms with Gasteiger partial charge in [0.05, 0.1) is 30.1 Å². The smallest absolute Gasteiger partial charge is 0.263 e. The van der Waals surface area contributed by atoms with Gasteiger partial charge in [0.2, 0.25) is 5.91 Å². The summed E-state index contributed by atoms with van der Waals surface area (Å²) in [6.45, 7) is 2.67. The zero-order chi connectivity index (χ0) is 27.9. The number of carbonyl (C=O) groups is 1. The number of halogens is 3. The van der Waals surface area contributed by atoms with Gasteiger partial charge in [-0.05, 0) is 77.1 Å². The molecule has 3 unspecified atom stereocenters. The summed E-state index contributed by atoms with van der Waals surface area (Å²) >= 11 is 7.77. The summed E-state index contributed by atoms with van der Waals surface area (Å²) in [6.07, 6.45) is 3.24. The van der Waals surface area contributed by atoms with Crippen molar-refractivity contribution in [2.75, 3.05) is 25.9 Å². The van der Waals surface area contributed by atoms with E-state index < -0.39 is 59.2 Å². The number of nitrogens with one attached hydrogen (secondary N) is 3. The average molecular weight is 586 g/mol. The van der Waals surface area contributed by atoms with Crippen LogP contribution < -0.4 is 16.0 Å². The first-order valence-electron chi connectivity index (χ1n) is 14.0. The van der Waals surface area contributed by atoms with Crippen LogP contribution >= 0.6 is 23.4 Å². The van der Waals surface area contributed by atoms with Gasteiger partial charge in [-0.2, -0.15) is 0 Å². The third kappa shape index (κ3) is 8.86. The predicted molar refractivity (Wildman–Crippen MR) is 146 cm³/mol. The Balaban J connectivity index is 1.46. The molecular formula is C26H46ClF2N3O5S. The Kier molecular flexibility index (Phi) is 12.8. The molecule has 12 heteroatoms. The molecule has 9 atom stereocenters. The lowest BCUT2D eigenvalue weighted by atomic mass is 9.80. The Bertz CT molecular complexity index is 739. The molecule has 6 N–H and O–H groups in total. The molecule has 0 radical (unpaired) electrons. The van der Waals surface area contributed by atoms with Gasteiger partial charge in [-0.1, -0.05) is 6.42 Å². The molecule has 2 aliphatic heterocycles. The summed E-state index contributed by atoms with van der Waals surface area (Å²) in [6, 6.07) is -1.22. The Labute approximate surface area is 234 Å². The molecule has 38 heavy (non-hydrogen) atoms. The maximum atomic E-state index is 14.0. The van der Waals surface area contributed by atoms with Gasteiger partial charge >= 0.3 is 0 Å². The maximum Gasteiger partial charge on any atom is 0.263 e. The fourth-order valence-corrected chi connectivity index (χ4v) is 6.45. The highest BCUT2D eigenvalue weighted by Gasteiger charge is 2.45. The minimum Gasteiger partial charge on any atom is -0.390 e. The summed E-state index contributed by atoms with van der Waals surface area (Å²) in [5.41, 5.74) is -0.465. The largest absolute Gasteiger partial charge is 0.390 e. The monoisotopic (exact) mass is 585 g/mol. The highest BCUT2D eigenvalue weighted by molar-refractivity contribution is 7.99. The Morgan fingerprint density at radius 1 is 1.18 bits per heavy atom. The van der Waals surface area contributed by atoms with Crippen LogP contribution in [0.15, 0.2) is 0 Å². The van der Waals surface area contributed by atoms with E-state index in [0.29, 0.717) is 38.3 Å². The molecule has 222 valence electrons. The Hall–Kier alpha value is -0.270. The van der Waals surface area contributed by atoms with E-state index in [1.165, 1.54) is 11.8 Å². The van der Waals surface area contributed by atoms with E-state index in [1.54, 1.807) is 6.92 Å². The molecule has 0 aromatic heterocycles. The van der Waals surface area contributed by atoms with Gasteiger partial charge in [0.15, 0.2) is 0 Å². The summed E-state index contributed by atoms with van der Waals surface area (Å²) in [5, 5.41) is 39.8. The second-order valence-corrected chi connectivity index (χ2v) is 12.9. The molecule has 3 rings (SSSR count). The molecule has 0 aromatic carbocycles. The number of aliphatic hydroxyl groups is 3. The molecule has 1 saturated carbocycles. The Morgan fingerprint density at radius 2 is 1.92 bits per heavy atom. The van der Waals surface area contributed by atoms with Crippen molar-refractivity contribution in [1.82, 2.24) is 16.0 Å². The maximum absolute atomic E-state index is 14.0. The Morgan fingerprint density at radius 3 is 2.55 bits per heavy atom. The lowest BCUT2D eigenvalue weighted by Gasteiger charge is -2.35. The standard InChI is InChI=1S/C26H46ClF2N3O5S/c1-15(27)21(24-23(35)22(34)19(33)13-20(37-24)38-2)32-25(36)18-9-8-16(10-12-31-18)5-4-11-30-14-26(28,29)17-6-3-7-17/h15-24,30-31,33-35H,3-14H2,1-2H3,(H,32,36)/t15-,16-,18-,19-,20?,21+,22?,23?,24+/m0/s1. The van der Waals surface area contributed by atoms with Crippen molar-refractivity contribution in [3.8, 4) is 0 Å². The minimum atomic E-state index is -2.62. The fraction of sp³-hybridized carbons (Fsp3) is 0.962. The van der Waals surface area contributed by atoms with Crippen LogP contribution in [0.4, 0.5) is 8.78 Å². The molecule has 0 bridgehead atoms. The van der Waals surface area contributed by atoms with E-state index in [0.717, 1.165) is 32.1 Å². The van der Waals surface area contributed by atoms with Crippen LogP contribution in [0.1, 0.15) is 64.7 Å². The van der Waals surface area contributed by atoms with Crippen molar-refractivity contribution >= 4 is 29.3 Å². The summed E-state index contributed by atoms with van der Waals surface area (Å²) in [4.78, 5) is 13.2. The summed E-state index contributed by atoms with van der Waals surface area (Å²) in [7, 11) is 0. The third-order valence-corrected chi connectivity index (χ3v) is 9.50. The summed E-state index contributed by atoms with van der Waals surface area (Å²) < 4.78 is 34.1. The van der Waals surface area contributed by atoms with Gasteiger partial charge < -0.3 is 36.0 Å². The first kappa shape index (κ1) is 32.2. The van der Waals surface area contributed by atoms with Crippen molar-refractivity contribution in [1.29, 1.82) is 0 Å². The number of alkyl halides is 3. The van der Waals surface area contributed by atoms with Crippen molar-refractivity contribution in [2.45, 2.75) is 118 Å². The van der Waals surface area contributed by atoms with Crippen LogP contribution in [0.2, 0.25) is 0 Å². The quantitative estimate of drug-likeness (QED) is 0.152. The number of hydrogen-bond donors (Lipinski definition) is 6. The molecular weight excluding hydrogens is 540 g/mol. The van der Waals surface area contributed by atoms with Crippen molar-refractivity contribution < 1.29 is 33.6 Å². The first-order chi connectivity index (χ1) is 18.0. The zero-order valence-electron chi connectivity index (χ0n) is 22.5. The number of ether oxygens (including phenoxy) is 1. The molecule has 0 spiro atoms. The third-order valence-electron chi connectivity index (χ3n) is 8.40. The number of aliphatic hydroxyl groups excluding tert-OH is 3. The molecule has 2 heterocycles. The van der Waals surface area contributed by atoms with Gasteiger partial charge in [0, 0.05) is 12.3 Å². The number of thioether (sulfide) groups is 1. The number of carbonyl (C=O) groups excluding carboxylic acids is 1. The van der Waals surface area contributed by atoms with Crippen LogP contribution in [-0.4, -0.2) is 100 Å². The number of hydrogen-bond acceptors (Lipinski definition) is 8. The molecule has 3 aliphatic rings. The second kappa shape index (κ2) is 15.1. The van der Waals surface area contributed by atoms with E-state index in [2.05, 4.69) is 16.0 Å². The van der Waals surface area contributed by atoms with Crippen LogP contribution in [0, 0.1) is 11.8 Å².